The van der Waals surface area contributed by atoms with E-state index >= 15 is 0 Å². The number of hydrogen-bond acceptors (Lipinski definition) is 3. The highest BCUT2D eigenvalue weighted by Gasteiger charge is 2.08. The van der Waals surface area contributed by atoms with E-state index < -0.39 is 0 Å². The van der Waals surface area contributed by atoms with Crippen molar-refractivity contribution in [3.63, 3.8) is 0 Å². The van der Waals surface area contributed by atoms with Crippen molar-refractivity contribution in [1.82, 2.24) is 5.32 Å². The number of benzene rings is 1. The first-order valence-electron chi connectivity index (χ1n) is 5.00. The van der Waals surface area contributed by atoms with Crippen molar-refractivity contribution >= 4 is 11.9 Å². The first-order chi connectivity index (χ1) is 7.54. The molecule has 4 nitrogen and oxygen atoms in total. The molecule has 1 aromatic carbocycles. The quantitative estimate of drug-likeness (QED) is 0.790. The van der Waals surface area contributed by atoms with Crippen LogP contribution >= 0.6 is 0 Å². The highest BCUT2D eigenvalue weighted by atomic mass is 16.5. The van der Waals surface area contributed by atoms with Gasteiger partial charge in [-0.2, -0.15) is 0 Å². The normalized spacial score (nSPS) is 11.7. The standard InChI is InChI=1S/C12H15NO3/c1-8(13-9(2)14)10-4-6-11(7-5-10)12(15)16-3/h4-8H,1-3H3,(H,13,14)/t8-/m1/s1. The van der Waals surface area contributed by atoms with Crippen LogP contribution in [0.3, 0.4) is 0 Å². The van der Waals surface area contributed by atoms with Gasteiger partial charge in [-0.15, -0.1) is 0 Å². The SMILES string of the molecule is COC(=O)c1ccc([C@@H](C)NC(C)=O)cc1. The summed E-state index contributed by atoms with van der Waals surface area (Å²) in [5, 5.41) is 2.77. The summed E-state index contributed by atoms with van der Waals surface area (Å²) < 4.78 is 4.59. The molecule has 86 valence electrons. The summed E-state index contributed by atoms with van der Waals surface area (Å²) in [4.78, 5) is 22.0. The molecule has 1 rings (SSSR count). The molecular formula is C12H15NO3. The molecule has 1 atom stereocenters. The van der Waals surface area contributed by atoms with Crippen LogP contribution in [0.25, 0.3) is 0 Å². The average Bonchev–Trinajstić information content (AvgIpc) is 2.27. The molecule has 1 N–H and O–H groups in total. The zero-order valence-corrected chi connectivity index (χ0v) is 9.61. The summed E-state index contributed by atoms with van der Waals surface area (Å²) in [5.41, 5.74) is 1.45. The van der Waals surface area contributed by atoms with Gasteiger partial charge in [-0.1, -0.05) is 12.1 Å². The van der Waals surface area contributed by atoms with Crippen LogP contribution in [0.15, 0.2) is 24.3 Å². The highest BCUT2D eigenvalue weighted by molar-refractivity contribution is 5.89. The van der Waals surface area contributed by atoms with Gasteiger partial charge in [0.1, 0.15) is 0 Å². The van der Waals surface area contributed by atoms with Crippen molar-refractivity contribution in [3.05, 3.63) is 35.4 Å². The van der Waals surface area contributed by atoms with Gasteiger partial charge in [-0.3, -0.25) is 4.79 Å². The van der Waals surface area contributed by atoms with E-state index in [2.05, 4.69) is 10.1 Å². The zero-order valence-electron chi connectivity index (χ0n) is 9.61. The minimum absolute atomic E-state index is 0.0656. The molecular weight excluding hydrogens is 206 g/mol. The van der Waals surface area contributed by atoms with Crippen LogP contribution in [-0.2, 0) is 9.53 Å². The molecule has 0 bridgehead atoms. The molecule has 0 aliphatic rings. The summed E-state index contributed by atoms with van der Waals surface area (Å²) in [7, 11) is 1.34. The van der Waals surface area contributed by atoms with Crippen LogP contribution in [0.2, 0.25) is 0 Å². The Bertz CT molecular complexity index is 384. The fourth-order valence-corrected chi connectivity index (χ4v) is 1.41. The van der Waals surface area contributed by atoms with E-state index in [0.717, 1.165) is 5.56 Å². The number of carbonyl (C=O) groups excluding carboxylic acids is 2. The van der Waals surface area contributed by atoms with Crippen molar-refractivity contribution in [2.24, 2.45) is 0 Å². The number of rotatable bonds is 3. The van der Waals surface area contributed by atoms with Gasteiger partial charge in [0.05, 0.1) is 18.7 Å². The number of nitrogens with one attached hydrogen (secondary N) is 1. The molecule has 4 heteroatoms. The second-order valence-corrected chi connectivity index (χ2v) is 3.54. The summed E-state index contributed by atoms with van der Waals surface area (Å²) in [6.45, 7) is 3.36. The monoisotopic (exact) mass is 221 g/mol. The largest absolute Gasteiger partial charge is 0.465 e. The molecule has 1 aromatic rings. The summed E-state index contributed by atoms with van der Waals surface area (Å²) in [5.74, 6) is -0.441. The lowest BCUT2D eigenvalue weighted by Crippen LogP contribution is -2.23. The van der Waals surface area contributed by atoms with Crippen LogP contribution in [0.4, 0.5) is 0 Å². The smallest absolute Gasteiger partial charge is 0.337 e. The number of ether oxygens (including phenoxy) is 1. The minimum atomic E-state index is -0.362. The van der Waals surface area contributed by atoms with Crippen molar-refractivity contribution in [2.75, 3.05) is 7.11 Å². The number of amides is 1. The average molecular weight is 221 g/mol. The fraction of sp³-hybridized carbons (Fsp3) is 0.333. The van der Waals surface area contributed by atoms with E-state index in [1.165, 1.54) is 14.0 Å². The Hall–Kier alpha value is -1.84. The second kappa shape index (κ2) is 5.30. The highest BCUT2D eigenvalue weighted by Crippen LogP contribution is 2.13. The third-order valence-electron chi connectivity index (χ3n) is 2.25. The predicted octanol–water partition coefficient (Wildman–Crippen LogP) is 1.67. The van der Waals surface area contributed by atoms with E-state index in [4.69, 9.17) is 0 Å². The van der Waals surface area contributed by atoms with Crippen molar-refractivity contribution in [1.29, 1.82) is 0 Å². The van der Waals surface area contributed by atoms with Gasteiger partial charge in [0.25, 0.3) is 0 Å². The van der Waals surface area contributed by atoms with E-state index in [0.29, 0.717) is 5.56 Å². The zero-order chi connectivity index (χ0) is 12.1. The van der Waals surface area contributed by atoms with Crippen molar-refractivity contribution in [3.8, 4) is 0 Å². The third-order valence-corrected chi connectivity index (χ3v) is 2.25. The Kier molecular flexibility index (Phi) is 4.05. The summed E-state index contributed by atoms with van der Waals surface area (Å²) in [6.07, 6.45) is 0. The summed E-state index contributed by atoms with van der Waals surface area (Å²) >= 11 is 0. The lowest BCUT2D eigenvalue weighted by Gasteiger charge is -2.12. The molecule has 0 saturated carbocycles. The lowest BCUT2D eigenvalue weighted by molar-refractivity contribution is -0.119. The Labute approximate surface area is 94.6 Å². The Morgan fingerprint density at radius 3 is 2.25 bits per heavy atom. The number of esters is 1. The number of carbonyl (C=O) groups is 2. The molecule has 0 radical (unpaired) electrons. The number of hydrogen-bond donors (Lipinski definition) is 1. The van der Waals surface area contributed by atoms with E-state index in [9.17, 15) is 9.59 Å². The molecule has 0 aliphatic heterocycles. The van der Waals surface area contributed by atoms with Gasteiger partial charge in [0.15, 0.2) is 0 Å². The fourth-order valence-electron chi connectivity index (χ4n) is 1.41. The molecule has 0 spiro atoms. The van der Waals surface area contributed by atoms with Gasteiger partial charge in [-0.25, -0.2) is 4.79 Å². The lowest BCUT2D eigenvalue weighted by atomic mass is 10.1. The molecule has 0 fully saturated rings. The molecule has 0 heterocycles. The molecule has 0 aliphatic carbocycles. The van der Waals surface area contributed by atoms with Crippen LogP contribution < -0.4 is 5.32 Å². The molecule has 0 saturated heterocycles. The van der Waals surface area contributed by atoms with E-state index in [1.807, 2.05) is 6.92 Å². The topological polar surface area (TPSA) is 55.4 Å². The molecule has 16 heavy (non-hydrogen) atoms. The van der Waals surface area contributed by atoms with Gasteiger partial charge in [0, 0.05) is 6.92 Å². The Morgan fingerprint density at radius 1 is 1.25 bits per heavy atom. The maximum atomic E-state index is 11.2. The van der Waals surface area contributed by atoms with Crippen LogP contribution in [-0.4, -0.2) is 19.0 Å². The summed E-state index contributed by atoms with van der Waals surface area (Å²) in [6, 6.07) is 6.89. The molecule has 0 unspecified atom stereocenters. The Balaban J connectivity index is 2.78. The Morgan fingerprint density at radius 2 is 1.81 bits per heavy atom. The van der Waals surface area contributed by atoms with Crippen LogP contribution in [0, 0.1) is 0 Å². The van der Waals surface area contributed by atoms with Crippen molar-refractivity contribution in [2.45, 2.75) is 19.9 Å². The van der Waals surface area contributed by atoms with Crippen LogP contribution in [0.1, 0.15) is 35.8 Å². The van der Waals surface area contributed by atoms with E-state index in [-0.39, 0.29) is 17.9 Å². The van der Waals surface area contributed by atoms with Gasteiger partial charge < -0.3 is 10.1 Å². The van der Waals surface area contributed by atoms with Crippen LogP contribution in [0.5, 0.6) is 0 Å². The number of methoxy groups -OCH3 is 1. The first kappa shape index (κ1) is 12.2. The van der Waals surface area contributed by atoms with Crippen molar-refractivity contribution < 1.29 is 14.3 Å². The predicted molar refractivity (Wildman–Crippen MR) is 60.0 cm³/mol. The first-order valence-corrected chi connectivity index (χ1v) is 5.00. The molecule has 1 amide bonds. The van der Waals surface area contributed by atoms with Gasteiger partial charge in [-0.05, 0) is 24.6 Å². The maximum absolute atomic E-state index is 11.2. The minimum Gasteiger partial charge on any atom is -0.465 e. The van der Waals surface area contributed by atoms with E-state index in [1.54, 1.807) is 24.3 Å². The maximum Gasteiger partial charge on any atom is 0.337 e. The second-order valence-electron chi connectivity index (χ2n) is 3.54. The third kappa shape index (κ3) is 3.08. The molecule has 0 aromatic heterocycles. The van der Waals surface area contributed by atoms with Gasteiger partial charge in [0.2, 0.25) is 5.91 Å². The van der Waals surface area contributed by atoms with Gasteiger partial charge >= 0.3 is 5.97 Å².